The van der Waals surface area contributed by atoms with Gasteiger partial charge in [-0.1, -0.05) is 12.1 Å². The first kappa shape index (κ1) is 13.4. The summed E-state index contributed by atoms with van der Waals surface area (Å²) in [6.45, 7) is 3.40. The van der Waals surface area contributed by atoms with Gasteiger partial charge in [0.15, 0.2) is 0 Å². The van der Waals surface area contributed by atoms with E-state index < -0.39 is 9.84 Å². The molecule has 0 heterocycles. The maximum Gasteiger partial charge on any atom is 0.207 e. The molecule has 2 aromatic carbocycles. The van der Waals surface area contributed by atoms with Crippen molar-refractivity contribution in [2.75, 3.05) is 11.5 Å². The molecule has 0 aliphatic heterocycles. The number of hydrogen-bond donors (Lipinski definition) is 2. The Morgan fingerprint density at radius 2 is 1.16 bits per heavy atom. The normalized spacial score (nSPS) is 11.5. The van der Waals surface area contributed by atoms with Crippen LogP contribution in [0, 0.1) is 13.8 Å². The molecule has 5 heteroatoms. The quantitative estimate of drug-likeness (QED) is 0.824. The summed E-state index contributed by atoms with van der Waals surface area (Å²) in [5.74, 6) is 0. The average molecular weight is 276 g/mol. The highest BCUT2D eigenvalue weighted by Crippen LogP contribution is 2.30. The van der Waals surface area contributed by atoms with Crippen LogP contribution in [-0.2, 0) is 9.84 Å². The predicted octanol–water partition coefficient (Wildman–Crippen LogP) is 2.30. The monoisotopic (exact) mass is 276 g/mol. The molecule has 0 radical (unpaired) electrons. The second-order valence-corrected chi connectivity index (χ2v) is 6.33. The molecule has 0 unspecified atom stereocenters. The zero-order valence-corrected chi connectivity index (χ0v) is 11.7. The minimum Gasteiger partial charge on any atom is -0.398 e. The van der Waals surface area contributed by atoms with Crippen LogP contribution in [0.5, 0.6) is 0 Å². The average Bonchev–Trinajstić information content (AvgIpc) is 2.35. The lowest BCUT2D eigenvalue weighted by Crippen LogP contribution is -2.08. The van der Waals surface area contributed by atoms with Crippen LogP contribution in [0.2, 0.25) is 0 Å². The zero-order chi connectivity index (χ0) is 14.2. The minimum absolute atomic E-state index is 0.223. The molecule has 0 amide bonds. The Morgan fingerprint density at radius 1 is 0.789 bits per heavy atom. The number of nitrogen functional groups attached to an aromatic ring is 2. The van der Waals surface area contributed by atoms with Gasteiger partial charge in [-0.2, -0.15) is 0 Å². The van der Waals surface area contributed by atoms with E-state index >= 15 is 0 Å². The Hall–Kier alpha value is -2.01. The lowest BCUT2D eigenvalue weighted by molar-refractivity contribution is 0.595. The predicted molar refractivity (Wildman–Crippen MR) is 76.6 cm³/mol. The molecule has 0 saturated heterocycles. The van der Waals surface area contributed by atoms with Gasteiger partial charge in [-0.15, -0.1) is 0 Å². The summed E-state index contributed by atoms with van der Waals surface area (Å²) in [5, 5.41) is 0. The Balaban J connectivity index is 2.73. The van der Waals surface area contributed by atoms with Gasteiger partial charge in [-0.3, -0.25) is 0 Å². The van der Waals surface area contributed by atoms with Crippen molar-refractivity contribution >= 4 is 21.2 Å². The first-order valence-corrected chi connectivity index (χ1v) is 7.29. The number of nitrogens with two attached hydrogens (primary N) is 2. The first-order chi connectivity index (χ1) is 8.85. The Kier molecular flexibility index (Phi) is 3.24. The van der Waals surface area contributed by atoms with E-state index in [0.29, 0.717) is 22.5 Å². The maximum atomic E-state index is 12.7. The standard InChI is InChI=1S/C14H16N2O2S/c1-9-11(15)5-3-7-13(9)19(17,18)14-8-4-6-12(16)10(14)2/h3-8H,15-16H2,1-2H3. The summed E-state index contributed by atoms with van der Waals surface area (Å²) >= 11 is 0. The third-order valence-electron chi connectivity index (χ3n) is 3.23. The molecule has 0 aromatic heterocycles. The summed E-state index contributed by atoms with van der Waals surface area (Å²) in [6.07, 6.45) is 0. The van der Waals surface area contributed by atoms with Crippen LogP contribution in [-0.4, -0.2) is 8.42 Å². The highest BCUT2D eigenvalue weighted by Gasteiger charge is 2.23. The van der Waals surface area contributed by atoms with E-state index in [4.69, 9.17) is 11.5 Å². The smallest absolute Gasteiger partial charge is 0.207 e. The van der Waals surface area contributed by atoms with E-state index in [-0.39, 0.29) is 9.79 Å². The third-order valence-corrected chi connectivity index (χ3v) is 5.27. The molecule has 0 aliphatic rings. The molecule has 0 fully saturated rings. The van der Waals surface area contributed by atoms with Gasteiger partial charge in [0.05, 0.1) is 9.79 Å². The lowest BCUT2D eigenvalue weighted by atomic mass is 10.2. The van der Waals surface area contributed by atoms with Gasteiger partial charge in [0, 0.05) is 11.4 Å². The summed E-state index contributed by atoms with van der Waals surface area (Å²) in [5.41, 5.74) is 13.6. The van der Waals surface area contributed by atoms with Gasteiger partial charge in [-0.25, -0.2) is 8.42 Å². The summed E-state index contributed by atoms with van der Waals surface area (Å²) in [7, 11) is -3.61. The summed E-state index contributed by atoms with van der Waals surface area (Å²) in [6, 6.07) is 9.75. The largest absolute Gasteiger partial charge is 0.398 e. The van der Waals surface area contributed by atoms with Gasteiger partial charge >= 0.3 is 0 Å². The molecule has 2 aromatic rings. The van der Waals surface area contributed by atoms with Gasteiger partial charge in [-0.05, 0) is 49.2 Å². The van der Waals surface area contributed by atoms with Gasteiger partial charge < -0.3 is 11.5 Å². The fourth-order valence-electron chi connectivity index (χ4n) is 1.96. The van der Waals surface area contributed by atoms with E-state index in [2.05, 4.69) is 0 Å². The molecule has 100 valence electrons. The fraction of sp³-hybridized carbons (Fsp3) is 0.143. The molecule has 19 heavy (non-hydrogen) atoms. The van der Waals surface area contributed by atoms with Crippen molar-refractivity contribution < 1.29 is 8.42 Å². The maximum absolute atomic E-state index is 12.7. The third kappa shape index (κ3) is 2.17. The van der Waals surface area contributed by atoms with Crippen molar-refractivity contribution in [1.82, 2.24) is 0 Å². The van der Waals surface area contributed by atoms with Crippen LogP contribution < -0.4 is 11.5 Å². The Bertz CT molecular complexity index is 680. The molecule has 0 bridgehead atoms. The minimum atomic E-state index is -3.61. The topological polar surface area (TPSA) is 86.2 Å². The molecule has 2 rings (SSSR count). The van der Waals surface area contributed by atoms with Crippen molar-refractivity contribution in [3.05, 3.63) is 47.5 Å². The molecule has 0 aliphatic carbocycles. The molecular weight excluding hydrogens is 260 g/mol. The highest BCUT2D eigenvalue weighted by atomic mass is 32.2. The van der Waals surface area contributed by atoms with Crippen LogP contribution >= 0.6 is 0 Å². The van der Waals surface area contributed by atoms with Crippen molar-refractivity contribution in [3.8, 4) is 0 Å². The Labute approximate surface area is 113 Å². The number of benzene rings is 2. The van der Waals surface area contributed by atoms with Crippen LogP contribution in [0.15, 0.2) is 46.2 Å². The van der Waals surface area contributed by atoms with Crippen LogP contribution in [0.3, 0.4) is 0 Å². The zero-order valence-electron chi connectivity index (χ0n) is 10.8. The molecular formula is C14H16N2O2S. The summed E-state index contributed by atoms with van der Waals surface area (Å²) in [4.78, 5) is 0.447. The second-order valence-electron chi connectivity index (χ2n) is 4.44. The van der Waals surface area contributed by atoms with E-state index in [0.717, 1.165) is 0 Å². The number of sulfone groups is 1. The van der Waals surface area contributed by atoms with E-state index in [1.807, 2.05) is 0 Å². The molecule has 0 saturated carbocycles. The van der Waals surface area contributed by atoms with Crippen LogP contribution in [0.4, 0.5) is 11.4 Å². The van der Waals surface area contributed by atoms with Crippen molar-refractivity contribution in [1.29, 1.82) is 0 Å². The highest BCUT2D eigenvalue weighted by molar-refractivity contribution is 7.91. The number of rotatable bonds is 2. The van der Waals surface area contributed by atoms with E-state index in [1.165, 1.54) is 0 Å². The van der Waals surface area contributed by atoms with Crippen molar-refractivity contribution in [2.24, 2.45) is 0 Å². The van der Waals surface area contributed by atoms with Gasteiger partial charge in [0.25, 0.3) is 0 Å². The number of anilines is 2. The molecule has 4 nitrogen and oxygen atoms in total. The van der Waals surface area contributed by atoms with Gasteiger partial charge in [0.2, 0.25) is 9.84 Å². The first-order valence-electron chi connectivity index (χ1n) is 5.81. The lowest BCUT2D eigenvalue weighted by Gasteiger charge is -2.12. The van der Waals surface area contributed by atoms with Crippen LogP contribution in [0.25, 0.3) is 0 Å². The molecule has 0 atom stereocenters. The molecule has 4 N–H and O–H groups in total. The van der Waals surface area contributed by atoms with E-state index in [9.17, 15) is 8.42 Å². The molecule has 0 spiro atoms. The number of hydrogen-bond acceptors (Lipinski definition) is 4. The second kappa shape index (κ2) is 4.59. The van der Waals surface area contributed by atoms with Crippen LogP contribution in [0.1, 0.15) is 11.1 Å². The van der Waals surface area contributed by atoms with Gasteiger partial charge in [0.1, 0.15) is 0 Å². The summed E-state index contributed by atoms with van der Waals surface area (Å²) < 4.78 is 25.3. The Morgan fingerprint density at radius 3 is 1.53 bits per heavy atom. The SMILES string of the molecule is Cc1c(N)cccc1S(=O)(=O)c1cccc(N)c1C. The van der Waals surface area contributed by atoms with E-state index in [1.54, 1.807) is 50.2 Å². The van der Waals surface area contributed by atoms with Crippen molar-refractivity contribution in [2.45, 2.75) is 23.6 Å². The fourth-order valence-corrected chi connectivity index (χ4v) is 3.76. The van der Waals surface area contributed by atoms with Crippen molar-refractivity contribution in [3.63, 3.8) is 0 Å².